The Morgan fingerprint density at radius 1 is 0.217 bits per heavy atom. The monoisotopic (exact) mass is 768 g/mol. The van der Waals surface area contributed by atoms with Crippen molar-refractivity contribution in [3.05, 3.63) is 218 Å². The van der Waals surface area contributed by atoms with E-state index in [2.05, 4.69) is 158 Å². The van der Waals surface area contributed by atoms with Gasteiger partial charge in [0.05, 0.1) is 0 Å². The molecular formula is C58H34F2. The summed E-state index contributed by atoms with van der Waals surface area (Å²) in [6.07, 6.45) is 0. The second-order valence-corrected chi connectivity index (χ2v) is 15.8. The van der Waals surface area contributed by atoms with Crippen LogP contribution in [-0.4, -0.2) is 0 Å². The van der Waals surface area contributed by atoms with Gasteiger partial charge in [-0.05, 0) is 168 Å². The Hall–Kier alpha value is -7.68. The second kappa shape index (κ2) is 13.4. The fourth-order valence-corrected chi connectivity index (χ4v) is 9.85. The topological polar surface area (TPSA) is 0 Å². The molecular weight excluding hydrogens is 735 g/mol. The third-order valence-corrected chi connectivity index (χ3v) is 12.5. The van der Waals surface area contributed by atoms with Gasteiger partial charge in [0.25, 0.3) is 0 Å². The first-order valence-electron chi connectivity index (χ1n) is 20.4. The van der Waals surface area contributed by atoms with E-state index in [1.54, 1.807) is 12.1 Å². The van der Waals surface area contributed by atoms with Crippen molar-refractivity contribution in [2.24, 2.45) is 0 Å². The highest BCUT2D eigenvalue weighted by atomic mass is 19.1. The van der Waals surface area contributed by atoms with Crippen molar-refractivity contribution in [3.63, 3.8) is 0 Å². The highest BCUT2D eigenvalue weighted by Gasteiger charge is 2.23. The van der Waals surface area contributed by atoms with Crippen LogP contribution in [0.5, 0.6) is 0 Å². The molecule has 0 aliphatic heterocycles. The molecule has 12 aromatic carbocycles. The Balaban J connectivity index is 1.31. The molecule has 0 spiro atoms. The van der Waals surface area contributed by atoms with Gasteiger partial charge in [-0.1, -0.05) is 158 Å². The highest BCUT2D eigenvalue weighted by Crippen LogP contribution is 2.51. The van der Waals surface area contributed by atoms with Crippen molar-refractivity contribution in [2.75, 3.05) is 0 Å². The first kappa shape index (κ1) is 34.4. The number of benzene rings is 12. The minimum atomic E-state index is -0.247. The smallest absolute Gasteiger partial charge is 0.123 e. The van der Waals surface area contributed by atoms with Gasteiger partial charge in [-0.25, -0.2) is 8.78 Å². The molecule has 0 saturated carbocycles. The first-order chi connectivity index (χ1) is 29.6. The SMILES string of the molecule is Fc1ccc2cc(-c3c4ccccc4c(-c4ccc5cc(F)ccc5c4)c4cc5c(cc34)c(-c3ccccc3)c(-c3cccc4ccccc34)c3ccccc35)ccc2c1. The van der Waals surface area contributed by atoms with Gasteiger partial charge in [-0.3, -0.25) is 0 Å². The minimum absolute atomic E-state index is 0.246. The normalized spacial score (nSPS) is 11.8. The number of halogens is 2. The van der Waals surface area contributed by atoms with Gasteiger partial charge in [0.2, 0.25) is 0 Å². The molecule has 0 aromatic heterocycles. The predicted molar refractivity (Wildman–Crippen MR) is 251 cm³/mol. The molecule has 0 atom stereocenters. The lowest BCUT2D eigenvalue weighted by molar-refractivity contribution is 0.629. The van der Waals surface area contributed by atoms with Gasteiger partial charge < -0.3 is 0 Å². The molecule has 280 valence electrons. The highest BCUT2D eigenvalue weighted by molar-refractivity contribution is 6.30. The van der Waals surface area contributed by atoms with Crippen molar-refractivity contribution in [3.8, 4) is 44.5 Å². The van der Waals surface area contributed by atoms with Gasteiger partial charge in [-0.15, -0.1) is 0 Å². The van der Waals surface area contributed by atoms with E-state index in [9.17, 15) is 8.78 Å². The zero-order valence-corrected chi connectivity index (χ0v) is 32.4. The maximum absolute atomic E-state index is 14.5. The maximum atomic E-state index is 14.5. The summed E-state index contributed by atoms with van der Waals surface area (Å²) in [4.78, 5) is 0. The molecule has 0 saturated heterocycles. The molecule has 12 rings (SSSR count). The molecule has 0 radical (unpaired) electrons. The summed E-state index contributed by atoms with van der Waals surface area (Å²) in [6, 6.07) is 71.2. The van der Waals surface area contributed by atoms with Crippen LogP contribution in [0, 0.1) is 11.6 Å². The average Bonchev–Trinajstić information content (AvgIpc) is 3.29. The summed E-state index contributed by atoms with van der Waals surface area (Å²) < 4.78 is 28.9. The van der Waals surface area contributed by atoms with E-state index in [1.807, 2.05) is 24.3 Å². The molecule has 0 amide bonds. The Morgan fingerprint density at radius 3 is 1.28 bits per heavy atom. The lowest BCUT2D eigenvalue weighted by Gasteiger charge is -2.23. The molecule has 0 N–H and O–H groups in total. The molecule has 2 heteroatoms. The quantitative estimate of drug-likeness (QED) is 0.124. The maximum Gasteiger partial charge on any atom is 0.123 e. The first-order valence-corrected chi connectivity index (χ1v) is 20.4. The van der Waals surface area contributed by atoms with Crippen LogP contribution in [0.25, 0.3) is 120 Å². The number of fused-ring (bicyclic) bond motifs is 8. The summed E-state index contributed by atoms with van der Waals surface area (Å²) in [7, 11) is 0. The fourth-order valence-electron chi connectivity index (χ4n) is 9.85. The third kappa shape index (κ3) is 5.35. The number of rotatable bonds is 4. The molecule has 0 heterocycles. The Bertz CT molecular complexity index is 3730. The van der Waals surface area contributed by atoms with Gasteiger partial charge in [0.1, 0.15) is 11.6 Å². The molecule has 0 bridgehead atoms. The predicted octanol–water partition coefficient (Wildman–Crippen LogP) is 16.7. The van der Waals surface area contributed by atoms with Gasteiger partial charge in [0, 0.05) is 0 Å². The molecule has 12 aromatic rings. The second-order valence-electron chi connectivity index (χ2n) is 15.8. The molecule has 0 unspecified atom stereocenters. The van der Waals surface area contributed by atoms with Crippen LogP contribution in [0.3, 0.4) is 0 Å². The van der Waals surface area contributed by atoms with Crippen molar-refractivity contribution in [1.29, 1.82) is 0 Å². The van der Waals surface area contributed by atoms with Crippen LogP contribution < -0.4 is 0 Å². The molecule has 0 nitrogen and oxygen atoms in total. The van der Waals surface area contributed by atoms with Crippen LogP contribution in [0.4, 0.5) is 8.78 Å². The lowest BCUT2D eigenvalue weighted by atomic mass is 9.80. The van der Waals surface area contributed by atoms with Gasteiger partial charge >= 0.3 is 0 Å². The Morgan fingerprint density at radius 2 is 0.667 bits per heavy atom. The van der Waals surface area contributed by atoms with Crippen molar-refractivity contribution >= 4 is 75.4 Å². The molecule has 0 fully saturated rings. The molecule has 60 heavy (non-hydrogen) atoms. The van der Waals surface area contributed by atoms with Crippen LogP contribution >= 0.6 is 0 Å². The van der Waals surface area contributed by atoms with Crippen LogP contribution in [0.1, 0.15) is 0 Å². The van der Waals surface area contributed by atoms with Crippen molar-refractivity contribution < 1.29 is 8.78 Å². The van der Waals surface area contributed by atoms with Crippen LogP contribution in [-0.2, 0) is 0 Å². The fraction of sp³-hybridized carbons (Fsp3) is 0. The van der Waals surface area contributed by atoms with Crippen molar-refractivity contribution in [1.82, 2.24) is 0 Å². The Kier molecular flexibility index (Phi) is 7.70. The summed E-state index contributed by atoms with van der Waals surface area (Å²) in [6.45, 7) is 0. The number of hydrogen-bond donors (Lipinski definition) is 0. The van der Waals surface area contributed by atoms with E-state index in [1.165, 1.54) is 55.8 Å². The summed E-state index contributed by atoms with van der Waals surface area (Å²) in [5.74, 6) is -0.494. The Labute approximate surface area is 345 Å². The third-order valence-electron chi connectivity index (χ3n) is 12.5. The van der Waals surface area contributed by atoms with Crippen LogP contribution in [0.2, 0.25) is 0 Å². The zero-order chi connectivity index (χ0) is 39.9. The standard InChI is InChI=1S/C58H34F2/c59-43-27-25-37-29-41(23-21-39(37)31-43)55-49-18-8-9-19-50(49)56(42-24-22-40-32-44(60)28-26-38(40)30-42)54-34-52-51(33-53(54)55)46-16-6-7-17-48(46)58(57(52)36-12-2-1-3-13-36)47-20-10-14-35-11-4-5-15-45(35)47/h1-34H. The summed E-state index contributed by atoms with van der Waals surface area (Å²) in [5, 5.41) is 15.3. The van der Waals surface area contributed by atoms with E-state index in [4.69, 9.17) is 0 Å². The van der Waals surface area contributed by atoms with E-state index in [-0.39, 0.29) is 11.6 Å². The van der Waals surface area contributed by atoms with E-state index in [0.717, 1.165) is 76.3 Å². The summed E-state index contributed by atoms with van der Waals surface area (Å²) in [5.41, 5.74) is 9.11. The van der Waals surface area contributed by atoms with Crippen LogP contribution in [0.15, 0.2) is 206 Å². The zero-order valence-electron chi connectivity index (χ0n) is 32.4. The molecule has 0 aliphatic rings. The minimum Gasteiger partial charge on any atom is -0.207 e. The molecule has 0 aliphatic carbocycles. The van der Waals surface area contributed by atoms with E-state index >= 15 is 0 Å². The lowest BCUT2D eigenvalue weighted by Crippen LogP contribution is -1.95. The van der Waals surface area contributed by atoms with Crippen molar-refractivity contribution in [2.45, 2.75) is 0 Å². The van der Waals surface area contributed by atoms with E-state index < -0.39 is 0 Å². The van der Waals surface area contributed by atoms with Gasteiger partial charge in [-0.2, -0.15) is 0 Å². The number of hydrogen-bond acceptors (Lipinski definition) is 0. The largest absolute Gasteiger partial charge is 0.207 e. The van der Waals surface area contributed by atoms with E-state index in [0.29, 0.717) is 0 Å². The van der Waals surface area contributed by atoms with Gasteiger partial charge in [0.15, 0.2) is 0 Å². The average molecular weight is 769 g/mol. The summed E-state index contributed by atoms with van der Waals surface area (Å²) >= 11 is 0.